The molecule has 0 spiro atoms. The number of fused-ring (bicyclic) bond motifs is 2. The van der Waals surface area contributed by atoms with Crippen LogP contribution in [0.15, 0.2) is 45.1 Å². The zero-order valence-electron chi connectivity index (χ0n) is 15.1. The third kappa shape index (κ3) is 3.06. The van der Waals surface area contributed by atoms with Gasteiger partial charge in [0.1, 0.15) is 40.2 Å². The van der Waals surface area contributed by atoms with Crippen molar-refractivity contribution in [2.45, 2.75) is 13.8 Å². The van der Waals surface area contributed by atoms with Crippen LogP contribution < -0.4 is 19.6 Å². The molecule has 0 saturated carbocycles. The Labute approximate surface area is 150 Å². The van der Waals surface area contributed by atoms with E-state index in [2.05, 4.69) is 0 Å². The summed E-state index contributed by atoms with van der Waals surface area (Å²) in [5, 5.41) is 10.5. The van der Waals surface area contributed by atoms with Crippen LogP contribution >= 0.6 is 0 Å². The first-order chi connectivity index (χ1) is 12.5. The van der Waals surface area contributed by atoms with Crippen LogP contribution in [0.25, 0.3) is 21.9 Å². The molecule has 3 rings (SSSR count). The molecule has 1 N–H and O–H groups in total. The largest absolute Gasteiger partial charge is 0.507 e. The van der Waals surface area contributed by atoms with E-state index >= 15 is 0 Å². The standard InChI is InChI=1S/C20H20O6/c1-11(2)7-8-25-15-9-12(23-3)10-16-18(15)19(22)17-13(21)5-6-14(24-4)20(17)26-16/h5-7,9-10,21H,8H2,1-4H3. The van der Waals surface area contributed by atoms with E-state index in [-0.39, 0.29) is 27.7 Å². The smallest absolute Gasteiger partial charge is 0.208 e. The molecule has 1 aromatic heterocycles. The molecule has 0 bridgehead atoms. The summed E-state index contributed by atoms with van der Waals surface area (Å²) in [5.41, 5.74) is 1.16. The van der Waals surface area contributed by atoms with E-state index in [1.165, 1.54) is 20.3 Å². The Balaban J connectivity index is 2.35. The molecule has 0 saturated heterocycles. The van der Waals surface area contributed by atoms with Crippen molar-refractivity contribution >= 4 is 21.9 Å². The Morgan fingerprint density at radius 1 is 1.12 bits per heavy atom. The molecule has 0 aliphatic rings. The van der Waals surface area contributed by atoms with E-state index in [1.54, 1.807) is 18.2 Å². The number of rotatable bonds is 5. The van der Waals surface area contributed by atoms with E-state index in [9.17, 15) is 9.90 Å². The SMILES string of the molecule is COc1cc(OCC=C(C)C)c2c(=O)c3c(O)ccc(OC)c3oc2c1. The molecule has 6 nitrogen and oxygen atoms in total. The second kappa shape index (κ2) is 7.00. The fraction of sp³-hybridized carbons (Fsp3) is 0.250. The van der Waals surface area contributed by atoms with Crippen LogP contribution in [-0.4, -0.2) is 25.9 Å². The number of phenolic OH excluding ortho intramolecular Hbond substituents is 1. The van der Waals surface area contributed by atoms with E-state index < -0.39 is 5.43 Å². The van der Waals surface area contributed by atoms with Crippen molar-refractivity contribution in [1.29, 1.82) is 0 Å². The molecule has 0 unspecified atom stereocenters. The van der Waals surface area contributed by atoms with Gasteiger partial charge in [0.05, 0.1) is 14.2 Å². The number of allylic oxidation sites excluding steroid dienone is 1. The number of hydrogen-bond donors (Lipinski definition) is 1. The minimum atomic E-state index is -0.396. The van der Waals surface area contributed by atoms with Gasteiger partial charge in [-0.3, -0.25) is 4.79 Å². The van der Waals surface area contributed by atoms with E-state index in [1.807, 2.05) is 19.9 Å². The Kier molecular flexibility index (Phi) is 4.75. The van der Waals surface area contributed by atoms with Crippen molar-refractivity contribution in [3.8, 4) is 23.0 Å². The zero-order valence-corrected chi connectivity index (χ0v) is 15.1. The third-order valence-corrected chi connectivity index (χ3v) is 3.99. The molecule has 3 aromatic rings. The van der Waals surface area contributed by atoms with Crippen LogP contribution in [-0.2, 0) is 0 Å². The number of ether oxygens (including phenoxy) is 3. The van der Waals surface area contributed by atoms with Crippen molar-refractivity contribution in [3.05, 3.63) is 46.1 Å². The van der Waals surface area contributed by atoms with Crippen LogP contribution in [0, 0.1) is 0 Å². The van der Waals surface area contributed by atoms with Crippen molar-refractivity contribution in [3.63, 3.8) is 0 Å². The van der Waals surface area contributed by atoms with Gasteiger partial charge in [-0.25, -0.2) is 0 Å². The van der Waals surface area contributed by atoms with Gasteiger partial charge in [-0.05, 0) is 32.1 Å². The summed E-state index contributed by atoms with van der Waals surface area (Å²) >= 11 is 0. The third-order valence-electron chi connectivity index (χ3n) is 3.99. The Bertz CT molecular complexity index is 1060. The lowest BCUT2D eigenvalue weighted by Gasteiger charge is -2.12. The maximum Gasteiger partial charge on any atom is 0.208 e. The van der Waals surface area contributed by atoms with Crippen molar-refractivity contribution in [2.75, 3.05) is 20.8 Å². The van der Waals surface area contributed by atoms with Crippen molar-refractivity contribution in [2.24, 2.45) is 0 Å². The predicted octanol–water partition coefficient (Wildman–Crippen LogP) is 4.01. The number of benzene rings is 2. The van der Waals surface area contributed by atoms with Gasteiger partial charge in [-0.15, -0.1) is 0 Å². The van der Waals surface area contributed by atoms with Gasteiger partial charge in [0, 0.05) is 12.1 Å². The summed E-state index contributed by atoms with van der Waals surface area (Å²) in [6, 6.07) is 6.17. The molecular formula is C20H20O6. The fourth-order valence-electron chi connectivity index (χ4n) is 2.67. The molecule has 0 aliphatic heterocycles. The molecule has 2 aromatic carbocycles. The number of hydrogen-bond acceptors (Lipinski definition) is 6. The first kappa shape index (κ1) is 17.7. The highest BCUT2D eigenvalue weighted by Gasteiger charge is 2.19. The van der Waals surface area contributed by atoms with E-state index in [0.717, 1.165) is 5.57 Å². The average molecular weight is 356 g/mol. The highest BCUT2D eigenvalue weighted by molar-refractivity contribution is 5.98. The van der Waals surface area contributed by atoms with E-state index in [0.29, 0.717) is 23.9 Å². The summed E-state index contributed by atoms with van der Waals surface area (Å²) in [5.74, 6) is 0.996. The van der Waals surface area contributed by atoms with Gasteiger partial charge in [-0.2, -0.15) is 0 Å². The topological polar surface area (TPSA) is 78.1 Å². The first-order valence-electron chi connectivity index (χ1n) is 8.07. The van der Waals surface area contributed by atoms with Gasteiger partial charge < -0.3 is 23.7 Å². The molecule has 0 radical (unpaired) electrons. The lowest BCUT2D eigenvalue weighted by Crippen LogP contribution is -2.07. The summed E-state index contributed by atoms with van der Waals surface area (Å²) in [7, 11) is 2.99. The summed E-state index contributed by atoms with van der Waals surface area (Å²) < 4.78 is 22.2. The lowest BCUT2D eigenvalue weighted by molar-refractivity contribution is 0.359. The van der Waals surface area contributed by atoms with Gasteiger partial charge >= 0.3 is 0 Å². The lowest BCUT2D eigenvalue weighted by atomic mass is 10.1. The Morgan fingerprint density at radius 2 is 1.88 bits per heavy atom. The predicted molar refractivity (Wildman–Crippen MR) is 99.7 cm³/mol. The van der Waals surface area contributed by atoms with Crippen LogP contribution in [0.5, 0.6) is 23.0 Å². The molecule has 0 amide bonds. The molecule has 1 heterocycles. The van der Waals surface area contributed by atoms with Crippen molar-refractivity contribution in [1.82, 2.24) is 0 Å². The Hall–Kier alpha value is -3.15. The highest BCUT2D eigenvalue weighted by Crippen LogP contribution is 2.36. The molecule has 0 aliphatic carbocycles. The number of phenols is 1. The van der Waals surface area contributed by atoms with Gasteiger partial charge in [0.25, 0.3) is 0 Å². The fourth-order valence-corrected chi connectivity index (χ4v) is 2.67. The molecule has 6 heteroatoms. The normalized spacial score (nSPS) is 10.8. The van der Waals surface area contributed by atoms with Crippen molar-refractivity contribution < 1.29 is 23.7 Å². The van der Waals surface area contributed by atoms with Crippen LogP contribution in [0.4, 0.5) is 0 Å². The first-order valence-corrected chi connectivity index (χ1v) is 8.07. The molecule has 0 atom stereocenters. The quantitative estimate of drug-likeness (QED) is 0.550. The second-order valence-corrected chi connectivity index (χ2v) is 6.01. The minimum absolute atomic E-state index is 0.0501. The van der Waals surface area contributed by atoms with Crippen LogP contribution in [0.1, 0.15) is 13.8 Å². The summed E-state index contributed by atoms with van der Waals surface area (Å²) in [6.45, 7) is 4.21. The minimum Gasteiger partial charge on any atom is -0.507 e. The second-order valence-electron chi connectivity index (χ2n) is 6.01. The average Bonchev–Trinajstić information content (AvgIpc) is 2.61. The highest BCUT2D eigenvalue weighted by atomic mass is 16.5. The van der Waals surface area contributed by atoms with Gasteiger partial charge in [0.15, 0.2) is 11.3 Å². The van der Waals surface area contributed by atoms with Crippen LogP contribution in [0.3, 0.4) is 0 Å². The zero-order chi connectivity index (χ0) is 18.8. The number of aromatic hydroxyl groups is 1. The Morgan fingerprint density at radius 3 is 2.54 bits per heavy atom. The van der Waals surface area contributed by atoms with E-state index in [4.69, 9.17) is 18.6 Å². The molecule has 136 valence electrons. The van der Waals surface area contributed by atoms with Crippen LogP contribution in [0.2, 0.25) is 0 Å². The molecular weight excluding hydrogens is 336 g/mol. The maximum absolute atomic E-state index is 13.1. The maximum atomic E-state index is 13.1. The summed E-state index contributed by atoms with van der Waals surface area (Å²) in [6.07, 6.45) is 1.90. The number of methoxy groups -OCH3 is 2. The van der Waals surface area contributed by atoms with Gasteiger partial charge in [-0.1, -0.05) is 5.57 Å². The molecule has 0 fully saturated rings. The van der Waals surface area contributed by atoms with Gasteiger partial charge in [0.2, 0.25) is 5.43 Å². The molecule has 26 heavy (non-hydrogen) atoms. The monoisotopic (exact) mass is 356 g/mol. The summed E-state index contributed by atoms with van der Waals surface area (Å²) in [4.78, 5) is 13.1.